The van der Waals surface area contributed by atoms with Crippen LogP contribution in [0.4, 0.5) is 0 Å². The highest BCUT2D eigenvalue weighted by molar-refractivity contribution is 7.46. The number of hydrogen-bond donors (Lipinski definition) is 2. The Bertz CT molecular complexity index is 449. The lowest BCUT2D eigenvalue weighted by molar-refractivity contribution is 0.371. The van der Waals surface area contributed by atoms with Gasteiger partial charge >= 0.3 is 16.5 Å². The zero-order chi connectivity index (χ0) is 24.8. The van der Waals surface area contributed by atoms with Crippen molar-refractivity contribution in [3.8, 4) is 11.8 Å². The van der Waals surface area contributed by atoms with Crippen molar-refractivity contribution >= 4 is 16.5 Å². The molecule has 0 fully saturated rings. The van der Waals surface area contributed by atoms with E-state index in [1.807, 2.05) is 0 Å². The van der Waals surface area contributed by atoms with Crippen molar-refractivity contribution in [3.63, 3.8) is 0 Å². The van der Waals surface area contributed by atoms with Crippen LogP contribution in [0.1, 0.15) is 155 Å². The number of hydrogen-bond acceptors (Lipinski definition) is 3. The SMILES string of the molecule is CCCCCCCCCCCCC#CCCCCCCCCCCCC.O=[P+](O)O[P+](=O)O. The van der Waals surface area contributed by atoms with E-state index in [9.17, 15) is 9.13 Å². The molecule has 0 saturated carbocycles. The fourth-order valence-corrected chi connectivity index (χ4v) is 4.12. The molecule has 2 N–H and O–H groups in total. The van der Waals surface area contributed by atoms with Crippen molar-refractivity contribution < 1.29 is 23.2 Å². The highest BCUT2D eigenvalue weighted by Gasteiger charge is 2.31. The smallest absolute Gasteiger partial charge is 0.131 e. The lowest BCUT2D eigenvalue weighted by Crippen LogP contribution is -1.82. The molecule has 0 radical (unpaired) electrons. The zero-order valence-corrected chi connectivity index (χ0v) is 23.4. The summed E-state index contributed by atoms with van der Waals surface area (Å²) in [7, 11) is -5.85. The average Bonchev–Trinajstić information content (AvgIpc) is 2.77. The van der Waals surface area contributed by atoms with Gasteiger partial charge in [0, 0.05) is 22.0 Å². The first-order chi connectivity index (χ1) is 16.0. The first-order valence-corrected chi connectivity index (χ1v) is 15.8. The van der Waals surface area contributed by atoms with Crippen molar-refractivity contribution in [2.24, 2.45) is 0 Å². The van der Waals surface area contributed by atoms with E-state index in [0.717, 1.165) is 12.8 Å². The van der Waals surface area contributed by atoms with E-state index in [4.69, 9.17) is 9.79 Å². The second kappa shape index (κ2) is 31.6. The summed E-state index contributed by atoms with van der Waals surface area (Å²) >= 11 is 0. The van der Waals surface area contributed by atoms with Gasteiger partial charge in [-0.3, -0.25) is 0 Å². The van der Waals surface area contributed by atoms with E-state index < -0.39 is 16.5 Å². The summed E-state index contributed by atoms with van der Waals surface area (Å²) in [5.74, 6) is 6.78. The standard InChI is InChI=1S/C26H50.O5P2/c1-3-5-7-9-11-13-15-17-19-21-23-25-26-24-22-20-18-16-14-12-10-8-6-4-2;1-6(2)5-7(3)4/h3-24H2,1-2H3;/p+2. The van der Waals surface area contributed by atoms with Gasteiger partial charge in [-0.1, -0.05) is 129 Å². The summed E-state index contributed by atoms with van der Waals surface area (Å²) in [5, 5.41) is 0. The number of rotatable bonds is 22. The summed E-state index contributed by atoms with van der Waals surface area (Å²) in [6.45, 7) is 4.58. The minimum Gasteiger partial charge on any atom is -0.131 e. The van der Waals surface area contributed by atoms with Crippen LogP contribution in [0.2, 0.25) is 0 Å². The van der Waals surface area contributed by atoms with Crippen molar-refractivity contribution in [2.45, 2.75) is 155 Å². The van der Waals surface area contributed by atoms with Gasteiger partial charge in [0.2, 0.25) is 0 Å². The minimum atomic E-state index is -2.92. The van der Waals surface area contributed by atoms with Gasteiger partial charge in [0.1, 0.15) is 0 Å². The first-order valence-electron chi connectivity index (χ1n) is 13.5. The van der Waals surface area contributed by atoms with Crippen LogP contribution in [-0.4, -0.2) is 9.79 Å². The van der Waals surface area contributed by atoms with Gasteiger partial charge in [0.25, 0.3) is 0 Å². The van der Waals surface area contributed by atoms with Gasteiger partial charge < -0.3 is 0 Å². The molecule has 0 aliphatic rings. The maximum absolute atomic E-state index is 9.39. The van der Waals surface area contributed by atoms with E-state index in [1.54, 1.807) is 0 Å². The van der Waals surface area contributed by atoms with E-state index in [1.165, 1.54) is 128 Å². The maximum Gasteiger partial charge on any atom is 0.745 e. The Morgan fingerprint density at radius 1 is 0.485 bits per heavy atom. The molecule has 7 heteroatoms. The highest BCUT2D eigenvalue weighted by atomic mass is 31.2. The third-order valence-corrected chi connectivity index (χ3v) is 6.69. The van der Waals surface area contributed by atoms with Crippen LogP contribution in [-0.2, 0) is 13.4 Å². The molecule has 5 nitrogen and oxygen atoms in total. The summed E-state index contributed by atoms with van der Waals surface area (Å²) in [5.41, 5.74) is 0. The zero-order valence-electron chi connectivity index (χ0n) is 21.6. The predicted octanol–water partition coefficient (Wildman–Crippen LogP) is 9.91. The van der Waals surface area contributed by atoms with Gasteiger partial charge in [0.15, 0.2) is 4.31 Å². The Morgan fingerprint density at radius 3 is 0.939 bits per heavy atom. The van der Waals surface area contributed by atoms with E-state index >= 15 is 0 Å². The third kappa shape index (κ3) is 39.2. The van der Waals surface area contributed by atoms with Crippen molar-refractivity contribution in [1.82, 2.24) is 0 Å². The van der Waals surface area contributed by atoms with Gasteiger partial charge in [0.05, 0.1) is 0 Å². The molecular weight excluding hydrogens is 454 g/mol. The largest absolute Gasteiger partial charge is 0.745 e. The van der Waals surface area contributed by atoms with E-state index in [2.05, 4.69) is 30.0 Å². The summed E-state index contributed by atoms with van der Waals surface area (Å²) in [4.78, 5) is 15.3. The fourth-order valence-electron chi connectivity index (χ4n) is 3.64. The second-order valence-corrected chi connectivity index (χ2v) is 10.4. The highest BCUT2D eigenvalue weighted by Crippen LogP contribution is 2.30. The molecule has 0 aromatic rings. The Hall–Kier alpha value is -0.360. The van der Waals surface area contributed by atoms with E-state index in [-0.39, 0.29) is 0 Å². The lowest BCUT2D eigenvalue weighted by Gasteiger charge is -2.01. The molecule has 33 heavy (non-hydrogen) atoms. The summed E-state index contributed by atoms with van der Waals surface area (Å²) in [6.07, 6.45) is 30.6. The quantitative estimate of drug-likeness (QED) is 0.0867. The van der Waals surface area contributed by atoms with Crippen LogP contribution in [0.5, 0.6) is 0 Å². The molecule has 0 rings (SSSR count). The first kappa shape index (κ1) is 34.8. The van der Waals surface area contributed by atoms with E-state index in [0.29, 0.717) is 0 Å². The van der Waals surface area contributed by atoms with Crippen molar-refractivity contribution in [2.75, 3.05) is 0 Å². The monoisotopic (exact) mass is 506 g/mol. The predicted molar refractivity (Wildman–Crippen MR) is 141 cm³/mol. The molecule has 0 aromatic heterocycles. The van der Waals surface area contributed by atoms with Gasteiger partial charge in [-0.25, -0.2) is 0 Å². The molecule has 2 unspecified atom stereocenters. The lowest BCUT2D eigenvalue weighted by atomic mass is 10.1. The van der Waals surface area contributed by atoms with Crippen molar-refractivity contribution in [1.29, 1.82) is 0 Å². The van der Waals surface area contributed by atoms with Crippen LogP contribution >= 0.6 is 16.5 Å². The van der Waals surface area contributed by atoms with Crippen LogP contribution in [0.15, 0.2) is 0 Å². The molecule has 194 valence electrons. The normalized spacial score (nSPS) is 11.3. The average molecular weight is 507 g/mol. The molecule has 2 atom stereocenters. The van der Waals surface area contributed by atoms with Gasteiger partial charge in [-0.15, -0.1) is 21.6 Å². The van der Waals surface area contributed by atoms with Crippen molar-refractivity contribution in [3.05, 3.63) is 0 Å². The Morgan fingerprint density at radius 2 is 0.727 bits per heavy atom. The fraction of sp³-hybridized carbons (Fsp3) is 0.923. The molecule has 0 bridgehead atoms. The summed E-state index contributed by atoms with van der Waals surface area (Å²) in [6, 6.07) is 0. The molecule has 0 spiro atoms. The molecular formula is C26H52O5P2+2. The molecule has 0 heterocycles. The summed E-state index contributed by atoms with van der Waals surface area (Å²) < 4.78 is 22.2. The second-order valence-electron chi connectivity index (χ2n) is 8.77. The van der Waals surface area contributed by atoms with Crippen LogP contribution < -0.4 is 0 Å². The molecule has 0 amide bonds. The van der Waals surface area contributed by atoms with Gasteiger partial charge in [-0.05, 0) is 12.8 Å². The minimum absolute atomic E-state index is 1.13. The Labute approximate surface area is 206 Å². The topological polar surface area (TPSA) is 83.8 Å². The molecule has 0 saturated heterocycles. The maximum atomic E-state index is 9.39. The molecule has 0 aliphatic carbocycles. The van der Waals surface area contributed by atoms with Gasteiger partial charge in [-0.2, -0.15) is 0 Å². The molecule has 0 aromatic carbocycles. The van der Waals surface area contributed by atoms with Crippen LogP contribution in [0, 0.1) is 11.8 Å². The Kier molecular flexibility index (Phi) is 33.4. The van der Waals surface area contributed by atoms with Crippen LogP contribution in [0.25, 0.3) is 0 Å². The number of unbranched alkanes of at least 4 members (excludes halogenated alkanes) is 20. The molecule has 0 aliphatic heterocycles. The third-order valence-electron chi connectivity index (χ3n) is 5.58. The Balaban J connectivity index is 0. The van der Waals surface area contributed by atoms with Crippen LogP contribution in [0.3, 0.4) is 0 Å².